The zero-order valence-electron chi connectivity index (χ0n) is 28.9. The summed E-state index contributed by atoms with van der Waals surface area (Å²) in [4.78, 5) is 10.1. The van der Waals surface area contributed by atoms with E-state index in [4.69, 9.17) is 9.97 Å². The van der Waals surface area contributed by atoms with E-state index in [1.165, 1.54) is 49.7 Å². The highest BCUT2D eigenvalue weighted by Gasteiger charge is 2.21. The van der Waals surface area contributed by atoms with Crippen LogP contribution in [0.5, 0.6) is 0 Å². The van der Waals surface area contributed by atoms with E-state index in [9.17, 15) is 0 Å². The normalized spacial score (nSPS) is 12.3. The molecule has 5 heteroatoms. The Labute approximate surface area is 300 Å². The van der Waals surface area contributed by atoms with Crippen LogP contribution < -0.4 is 0 Å². The van der Waals surface area contributed by atoms with Crippen molar-refractivity contribution in [3.8, 4) is 50.7 Å². The van der Waals surface area contributed by atoms with Gasteiger partial charge in [-0.2, -0.15) is 0 Å². The molecule has 7 aromatic carbocycles. The molecule has 0 unspecified atom stereocenters. The molecule has 5 nitrogen and oxygen atoms in total. The first-order valence-electron chi connectivity index (χ1n) is 17.8. The van der Waals surface area contributed by atoms with Crippen molar-refractivity contribution in [2.45, 2.75) is 6.42 Å². The van der Waals surface area contributed by atoms with Crippen molar-refractivity contribution >= 4 is 43.9 Å². The SMILES string of the molecule is Cn1c(-c2cccc(-n3c4cc(-c5ccc6c(c5)Cc5ccccc5-6)ccc4c4ccc(-c5nc6ccccc6n5C)cc43)c2)nc2ccccc21. The molecule has 10 aromatic rings. The predicted molar refractivity (Wildman–Crippen MR) is 214 cm³/mol. The summed E-state index contributed by atoms with van der Waals surface area (Å²) in [6.07, 6.45) is 0.974. The zero-order valence-corrected chi connectivity index (χ0v) is 28.9. The molecule has 0 fully saturated rings. The number of nitrogens with zero attached hydrogens (tertiary/aromatic N) is 5. The number of rotatable bonds is 4. The fourth-order valence-corrected chi connectivity index (χ4v) is 8.53. The van der Waals surface area contributed by atoms with Gasteiger partial charge in [-0.1, -0.05) is 103 Å². The smallest absolute Gasteiger partial charge is 0.140 e. The lowest BCUT2D eigenvalue weighted by Gasteiger charge is -2.12. The number of aryl methyl sites for hydroxylation is 2. The van der Waals surface area contributed by atoms with Crippen LogP contribution in [-0.4, -0.2) is 23.7 Å². The van der Waals surface area contributed by atoms with E-state index < -0.39 is 0 Å². The van der Waals surface area contributed by atoms with E-state index in [1.807, 2.05) is 6.07 Å². The van der Waals surface area contributed by atoms with Crippen LogP contribution in [-0.2, 0) is 20.5 Å². The van der Waals surface area contributed by atoms with Crippen molar-refractivity contribution in [1.82, 2.24) is 23.7 Å². The Kier molecular flexibility index (Phi) is 6.08. The summed E-state index contributed by atoms with van der Waals surface area (Å²) in [6, 6.07) is 55.0. The molecule has 0 amide bonds. The van der Waals surface area contributed by atoms with Crippen LogP contribution >= 0.6 is 0 Å². The minimum atomic E-state index is 0.948. The number of imidazole rings is 2. The first kappa shape index (κ1) is 29.1. The van der Waals surface area contributed by atoms with Gasteiger partial charge in [-0.15, -0.1) is 0 Å². The largest absolute Gasteiger partial charge is 0.327 e. The molecule has 1 aliphatic carbocycles. The Balaban J connectivity index is 1.13. The molecule has 0 bridgehead atoms. The van der Waals surface area contributed by atoms with Crippen LogP contribution in [0.25, 0.3) is 94.6 Å². The molecule has 1 aliphatic rings. The third-order valence-corrected chi connectivity index (χ3v) is 11.1. The fraction of sp³-hybridized carbons (Fsp3) is 0.0638. The lowest BCUT2D eigenvalue weighted by Crippen LogP contribution is -1.98. The van der Waals surface area contributed by atoms with E-state index >= 15 is 0 Å². The van der Waals surface area contributed by atoms with Crippen LogP contribution in [0.3, 0.4) is 0 Å². The number of hydrogen-bond acceptors (Lipinski definition) is 2. The Bertz CT molecular complexity index is 3080. The Morgan fingerprint density at radius 2 is 0.981 bits per heavy atom. The number of para-hydroxylation sites is 4. The van der Waals surface area contributed by atoms with Gasteiger partial charge in [-0.05, 0) is 88.3 Å². The third kappa shape index (κ3) is 4.23. The van der Waals surface area contributed by atoms with Crippen molar-refractivity contribution in [3.63, 3.8) is 0 Å². The lowest BCUT2D eigenvalue weighted by molar-refractivity contribution is 0.958. The van der Waals surface area contributed by atoms with Gasteiger partial charge in [0.1, 0.15) is 11.6 Å². The maximum atomic E-state index is 5.07. The van der Waals surface area contributed by atoms with E-state index in [2.05, 4.69) is 173 Å². The van der Waals surface area contributed by atoms with Gasteiger partial charge in [0.2, 0.25) is 0 Å². The highest BCUT2D eigenvalue weighted by Crippen LogP contribution is 2.41. The maximum Gasteiger partial charge on any atom is 0.140 e. The van der Waals surface area contributed by atoms with Gasteiger partial charge in [-0.25, -0.2) is 9.97 Å². The van der Waals surface area contributed by atoms with Gasteiger partial charge in [0.05, 0.1) is 33.1 Å². The van der Waals surface area contributed by atoms with Gasteiger partial charge in [0, 0.05) is 41.7 Å². The van der Waals surface area contributed by atoms with Crippen molar-refractivity contribution in [2.75, 3.05) is 0 Å². The molecule has 0 aliphatic heterocycles. The van der Waals surface area contributed by atoms with Crippen molar-refractivity contribution < 1.29 is 0 Å². The summed E-state index contributed by atoms with van der Waals surface area (Å²) >= 11 is 0. The molecule has 0 atom stereocenters. The van der Waals surface area contributed by atoms with Crippen molar-refractivity contribution in [1.29, 1.82) is 0 Å². The highest BCUT2D eigenvalue weighted by atomic mass is 15.1. The van der Waals surface area contributed by atoms with E-state index in [-0.39, 0.29) is 0 Å². The standard InChI is InChI=1S/C47H33N5/c1-50-42-16-7-5-14-40(42)48-46(50)32-11-9-12-35(26-32)52-44-27-30(29-18-21-37-34(24-29)25-31-10-3-4-13-36(31)37)19-22-38(44)39-23-20-33(28-45(39)52)47-49-41-15-6-8-17-43(41)51(47)2/h3-24,26-28H,25H2,1-2H3. The molecule has 246 valence electrons. The van der Waals surface area contributed by atoms with Gasteiger partial charge in [0.25, 0.3) is 0 Å². The second-order valence-corrected chi connectivity index (χ2v) is 14.0. The van der Waals surface area contributed by atoms with Gasteiger partial charge in [-0.3, -0.25) is 0 Å². The van der Waals surface area contributed by atoms with Gasteiger partial charge in [0.15, 0.2) is 0 Å². The lowest BCUT2D eigenvalue weighted by atomic mass is 9.98. The van der Waals surface area contributed by atoms with E-state index in [0.29, 0.717) is 0 Å². The number of aromatic nitrogens is 5. The van der Waals surface area contributed by atoms with Crippen LogP contribution in [0.1, 0.15) is 11.1 Å². The molecule has 0 radical (unpaired) electrons. The molecule has 0 saturated heterocycles. The van der Waals surface area contributed by atoms with E-state index in [0.717, 1.165) is 62.5 Å². The summed E-state index contributed by atoms with van der Waals surface area (Å²) < 4.78 is 6.81. The predicted octanol–water partition coefficient (Wildman–Crippen LogP) is 11.1. The minimum absolute atomic E-state index is 0.948. The molecule has 0 spiro atoms. The fourth-order valence-electron chi connectivity index (χ4n) is 8.53. The quantitative estimate of drug-likeness (QED) is 0.187. The zero-order chi connectivity index (χ0) is 34.5. The summed E-state index contributed by atoms with van der Waals surface area (Å²) in [6.45, 7) is 0. The van der Waals surface area contributed by atoms with Crippen molar-refractivity contribution in [2.24, 2.45) is 14.1 Å². The Morgan fingerprint density at radius 1 is 0.423 bits per heavy atom. The van der Waals surface area contributed by atoms with Crippen LogP contribution in [0.2, 0.25) is 0 Å². The molecule has 3 heterocycles. The first-order valence-corrected chi connectivity index (χ1v) is 17.8. The summed E-state index contributed by atoms with van der Waals surface area (Å²) in [5.74, 6) is 1.90. The molecule has 52 heavy (non-hydrogen) atoms. The van der Waals surface area contributed by atoms with E-state index in [1.54, 1.807) is 0 Å². The van der Waals surface area contributed by atoms with Crippen LogP contribution in [0, 0.1) is 0 Å². The molecule has 3 aromatic heterocycles. The molecular formula is C47H33N5. The average molecular weight is 668 g/mol. The second-order valence-electron chi connectivity index (χ2n) is 14.0. The number of hydrogen-bond donors (Lipinski definition) is 0. The third-order valence-electron chi connectivity index (χ3n) is 11.1. The monoisotopic (exact) mass is 667 g/mol. The molecule has 0 saturated carbocycles. The first-order chi connectivity index (χ1) is 25.6. The summed E-state index contributed by atoms with van der Waals surface area (Å²) in [7, 11) is 4.20. The Hall–Kier alpha value is -6.72. The number of benzene rings is 7. The number of fused-ring (bicyclic) bond motifs is 8. The second kappa shape index (κ2) is 10.9. The van der Waals surface area contributed by atoms with Gasteiger partial charge >= 0.3 is 0 Å². The molecule has 11 rings (SSSR count). The minimum Gasteiger partial charge on any atom is -0.327 e. The summed E-state index contributed by atoms with van der Waals surface area (Å²) in [5, 5.41) is 2.43. The summed E-state index contributed by atoms with van der Waals surface area (Å²) in [5.41, 5.74) is 17.7. The Morgan fingerprint density at radius 3 is 1.69 bits per heavy atom. The highest BCUT2D eigenvalue weighted by molar-refractivity contribution is 6.11. The van der Waals surface area contributed by atoms with Crippen molar-refractivity contribution in [3.05, 3.63) is 163 Å². The van der Waals surface area contributed by atoms with Gasteiger partial charge < -0.3 is 13.7 Å². The van der Waals surface area contributed by atoms with Crippen LogP contribution in [0.4, 0.5) is 0 Å². The molecular weight excluding hydrogens is 635 g/mol. The maximum absolute atomic E-state index is 5.07. The van der Waals surface area contributed by atoms with Crippen LogP contribution in [0.15, 0.2) is 152 Å². The average Bonchev–Trinajstić information content (AvgIpc) is 3.93. The topological polar surface area (TPSA) is 40.6 Å². The molecule has 0 N–H and O–H groups in total.